The zero-order valence-electron chi connectivity index (χ0n) is 16.6. The number of ether oxygens (including phenoxy) is 1. The summed E-state index contributed by atoms with van der Waals surface area (Å²) in [4.78, 5) is 42.1. The van der Waals surface area contributed by atoms with E-state index in [2.05, 4.69) is 10.3 Å². The van der Waals surface area contributed by atoms with Crippen molar-refractivity contribution in [3.05, 3.63) is 80.1 Å². The maximum Gasteiger partial charge on any atom is 0.341 e. The molecule has 0 saturated heterocycles. The van der Waals surface area contributed by atoms with Crippen molar-refractivity contribution < 1.29 is 14.3 Å². The lowest BCUT2D eigenvalue weighted by atomic mass is 10.0. The van der Waals surface area contributed by atoms with Gasteiger partial charge in [-0.1, -0.05) is 41.4 Å². The minimum Gasteiger partial charge on any atom is -0.465 e. The van der Waals surface area contributed by atoms with Gasteiger partial charge in [-0.15, -0.1) is 11.3 Å². The number of benzene rings is 2. The molecule has 4 rings (SSSR count). The number of aromatic nitrogens is 2. The first-order valence-corrected chi connectivity index (χ1v) is 10.9. The average molecular weight is 488 g/mol. The number of carbonyl (C=O) groups excluding carboxylic acids is 2. The predicted octanol–water partition coefficient (Wildman–Crippen LogP) is 4.86. The van der Waals surface area contributed by atoms with Crippen LogP contribution in [0.15, 0.2) is 59.0 Å². The SMILES string of the molecule is COC(=O)c1c(-c2ccccc2Cl)csc1NC(=O)Cn1cnc2ccc(Cl)cc2c1=O. The summed E-state index contributed by atoms with van der Waals surface area (Å²) in [5, 5.41) is 5.86. The monoisotopic (exact) mass is 487 g/mol. The molecule has 0 saturated carbocycles. The van der Waals surface area contributed by atoms with E-state index in [1.54, 1.807) is 41.8 Å². The van der Waals surface area contributed by atoms with Crippen LogP contribution in [0, 0.1) is 0 Å². The van der Waals surface area contributed by atoms with Crippen molar-refractivity contribution in [2.24, 2.45) is 0 Å². The molecule has 10 heteroatoms. The molecular formula is C22H15Cl2N3O4S. The molecule has 0 aliphatic carbocycles. The zero-order valence-corrected chi connectivity index (χ0v) is 18.9. The molecule has 2 aromatic carbocycles. The maximum atomic E-state index is 12.7. The first-order valence-electron chi connectivity index (χ1n) is 9.28. The number of thiophene rings is 1. The first kappa shape index (κ1) is 22.0. The fourth-order valence-corrected chi connectivity index (χ4v) is 4.57. The molecule has 0 spiro atoms. The number of hydrogen-bond donors (Lipinski definition) is 1. The van der Waals surface area contributed by atoms with Gasteiger partial charge in [0.15, 0.2) is 0 Å². The van der Waals surface area contributed by atoms with E-state index in [4.69, 9.17) is 27.9 Å². The lowest BCUT2D eigenvalue weighted by molar-refractivity contribution is -0.116. The van der Waals surface area contributed by atoms with Gasteiger partial charge in [0.1, 0.15) is 17.1 Å². The molecule has 1 N–H and O–H groups in total. The fraction of sp³-hybridized carbons (Fsp3) is 0.0909. The van der Waals surface area contributed by atoms with Crippen LogP contribution in [0.2, 0.25) is 10.0 Å². The van der Waals surface area contributed by atoms with E-state index in [0.29, 0.717) is 37.1 Å². The summed E-state index contributed by atoms with van der Waals surface area (Å²) in [6.07, 6.45) is 1.29. The molecule has 2 heterocycles. The number of fused-ring (bicyclic) bond motifs is 1. The van der Waals surface area contributed by atoms with E-state index in [1.807, 2.05) is 0 Å². The lowest BCUT2D eigenvalue weighted by Gasteiger charge is -2.10. The van der Waals surface area contributed by atoms with Crippen molar-refractivity contribution >= 4 is 62.3 Å². The molecule has 162 valence electrons. The molecule has 0 aliphatic heterocycles. The second-order valence-corrected chi connectivity index (χ2v) is 8.44. The Labute approximate surface area is 196 Å². The molecule has 0 atom stereocenters. The number of anilines is 1. The van der Waals surface area contributed by atoms with Gasteiger partial charge in [-0.2, -0.15) is 0 Å². The molecule has 0 fully saturated rings. The Balaban J connectivity index is 1.65. The molecule has 0 unspecified atom stereocenters. The van der Waals surface area contributed by atoms with Gasteiger partial charge in [0.2, 0.25) is 5.91 Å². The van der Waals surface area contributed by atoms with Gasteiger partial charge in [0, 0.05) is 26.6 Å². The predicted molar refractivity (Wildman–Crippen MR) is 126 cm³/mol. The van der Waals surface area contributed by atoms with E-state index in [-0.39, 0.29) is 12.1 Å². The third-order valence-electron chi connectivity index (χ3n) is 4.70. The quantitative estimate of drug-likeness (QED) is 0.406. The molecular weight excluding hydrogens is 473 g/mol. The number of nitrogens with zero attached hydrogens (tertiary/aromatic N) is 2. The molecule has 1 amide bonds. The number of halogens is 2. The van der Waals surface area contributed by atoms with E-state index in [0.717, 1.165) is 11.3 Å². The Morgan fingerprint density at radius 3 is 2.69 bits per heavy atom. The third-order valence-corrected chi connectivity index (χ3v) is 6.16. The number of hydrogen-bond acceptors (Lipinski definition) is 6. The van der Waals surface area contributed by atoms with Crippen LogP contribution in [-0.2, 0) is 16.1 Å². The van der Waals surface area contributed by atoms with Crippen molar-refractivity contribution in [2.45, 2.75) is 6.54 Å². The van der Waals surface area contributed by atoms with Gasteiger partial charge in [-0.25, -0.2) is 9.78 Å². The van der Waals surface area contributed by atoms with Crippen molar-refractivity contribution in [3.63, 3.8) is 0 Å². The number of methoxy groups -OCH3 is 1. The normalized spacial score (nSPS) is 10.8. The summed E-state index contributed by atoms with van der Waals surface area (Å²) in [7, 11) is 1.26. The molecule has 2 aromatic heterocycles. The summed E-state index contributed by atoms with van der Waals surface area (Å²) < 4.78 is 6.09. The Morgan fingerprint density at radius 2 is 1.94 bits per heavy atom. The third kappa shape index (κ3) is 4.25. The van der Waals surface area contributed by atoms with E-state index >= 15 is 0 Å². The first-order chi connectivity index (χ1) is 15.4. The Kier molecular flexibility index (Phi) is 6.27. The number of carbonyl (C=O) groups is 2. The Morgan fingerprint density at radius 1 is 1.16 bits per heavy atom. The topological polar surface area (TPSA) is 90.3 Å². The van der Waals surface area contributed by atoms with Gasteiger partial charge in [0.25, 0.3) is 5.56 Å². The van der Waals surface area contributed by atoms with Crippen LogP contribution in [0.1, 0.15) is 10.4 Å². The second-order valence-electron chi connectivity index (χ2n) is 6.71. The van der Waals surface area contributed by atoms with Crippen LogP contribution >= 0.6 is 34.5 Å². The Hall–Kier alpha value is -3.20. The highest BCUT2D eigenvalue weighted by molar-refractivity contribution is 7.15. The summed E-state index contributed by atoms with van der Waals surface area (Å²) in [5.74, 6) is -1.12. The van der Waals surface area contributed by atoms with Gasteiger partial charge in [-0.05, 0) is 24.3 Å². The average Bonchev–Trinajstić information content (AvgIpc) is 3.19. The number of nitrogens with one attached hydrogen (secondary N) is 1. The summed E-state index contributed by atoms with van der Waals surface area (Å²) in [6.45, 7) is -0.297. The second kappa shape index (κ2) is 9.12. The van der Waals surface area contributed by atoms with Crippen molar-refractivity contribution in [3.8, 4) is 11.1 Å². The highest BCUT2D eigenvalue weighted by Crippen LogP contribution is 2.39. The van der Waals surface area contributed by atoms with Crippen LogP contribution in [0.25, 0.3) is 22.0 Å². The fourth-order valence-electron chi connectivity index (χ4n) is 3.20. The molecule has 7 nitrogen and oxygen atoms in total. The van der Waals surface area contributed by atoms with Crippen LogP contribution in [0.4, 0.5) is 5.00 Å². The Bertz CT molecular complexity index is 1410. The van der Waals surface area contributed by atoms with Crippen molar-refractivity contribution in [2.75, 3.05) is 12.4 Å². The van der Waals surface area contributed by atoms with Gasteiger partial charge < -0.3 is 10.1 Å². The minimum absolute atomic E-state index is 0.190. The van der Waals surface area contributed by atoms with Crippen LogP contribution in [-0.4, -0.2) is 28.5 Å². The standard InChI is InChI=1S/C22H15Cl2N3O4S/c1-31-22(30)19-15(13-4-2-3-5-16(13)24)10-32-20(19)26-18(28)9-27-11-25-17-7-6-12(23)8-14(17)21(27)29/h2-8,10-11H,9H2,1H3,(H,26,28). The highest BCUT2D eigenvalue weighted by atomic mass is 35.5. The maximum absolute atomic E-state index is 12.7. The van der Waals surface area contributed by atoms with Crippen LogP contribution < -0.4 is 10.9 Å². The molecule has 0 bridgehead atoms. The van der Waals surface area contributed by atoms with Crippen molar-refractivity contribution in [1.82, 2.24) is 9.55 Å². The number of amides is 1. The van der Waals surface area contributed by atoms with Crippen molar-refractivity contribution in [1.29, 1.82) is 0 Å². The molecule has 4 aromatic rings. The van der Waals surface area contributed by atoms with Crippen LogP contribution in [0.3, 0.4) is 0 Å². The largest absolute Gasteiger partial charge is 0.465 e. The lowest BCUT2D eigenvalue weighted by Crippen LogP contribution is -2.28. The van der Waals surface area contributed by atoms with Gasteiger partial charge in [0.05, 0.1) is 24.3 Å². The van der Waals surface area contributed by atoms with Gasteiger partial charge >= 0.3 is 5.97 Å². The van der Waals surface area contributed by atoms with Crippen LogP contribution in [0.5, 0.6) is 0 Å². The number of rotatable bonds is 5. The van der Waals surface area contributed by atoms with E-state index in [9.17, 15) is 14.4 Å². The molecule has 32 heavy (non-hydrogen) atoms. The van der Waals surface area contributed by atoms with Gasteiger partial charge in [-0.3, -0.25) is 14.2 Å². The number of esters is 1. The summed E-state index contributed by atoms with van der Waals surface area (Å²) >= 11 is 13.4. The smallest absolute Gasteiger partial charge is 0.341 e. The molecule has 0 aliphatic rings. The zero-order chi connectivity index (χ0) is 22.8. The minimum atomic E-state index is -0.615. The van der Waals surface area contributed by atoms with E-state index < -0.39 is 17.4 Å². The van der Waals surface area contributed by atoms with E-state index in [1.165, 1.54) is 24.1 Å². The summed E-state index contributed by atoms with van der Waals surface area (Å²) in [6, 6.07) is 11.8. The molecule has 0 radical (unpaired) electrons. The highest BCUT2D eigenvalue weighted by Gasteiger charge is 2.23. The summed E-state index contributed by atoms with van der Waals surface area (Å²) in [5.41, 5.74) is 1.45.